The SMILES string of the molecule is CNCCc1cccc[n+]1[O-].Cl. The molecular weight excluding hydrogens is 176 g/mol. The third-order valence-electron chi connectivity index (χ3n) is 1.54. The maximum Gasteiger partial charge on any atom is 0.194 e. The lowest BCUT2D eigenvalue weighted by Crippen LogP contribution is -2.32. The number of likely N-dealkylation sites (N-methyl/N-ethyl adjacent to an activating group) is 1. The van der Waals surface area contributed by atoms with E-state index in [2.05, 4.69) is 5.32 Å². The minimum Gasteiger partial charge on any atom is -0.619 e. The molecule has 1 N–H and O–H groups in total. The fourth-order valence-electron chi connectivity index (χ4n) is 0.910. The van der Waals surface area contributed by atoms with Gasteiger partial charge < -0.3 is 10.5 Å². The molecule has 12 heavy (non-hydrogen) atoms. The second kappa shape index (κ2) is 5.80. The molecule has 0 fully saturated rings. The molecule has 0 aliphatic carbocycles. The molecule has 4 heteroatoms. The summed E-state index contributed by atoms with van der Waals surface area (Å²) < 4.78 is 0.900. The maximum atomic E-state index is 11.0. The van der Waals surface area contributed by atoms with Crippen LogP contribution < -0.4 is 10.0 Å². The first-order valence-electron chi connectivity index (χ1n) is 3.66. The van der Waals surface area contributed by atoms with Crippen LogP contribution in [0.15, 0.2) is 24.4 Å². The van der Waals surface area contributed by atoms with Gasteiger partial charge in [-0.2, -0.15) is 4.73 Å². The van der Waals surface area contributed by atoms with Crippen LogP contribution in [-0.2, 0) is 6.42 Å². The van der Waals surface area contributed by atoms with Crippen LogP contribution in [0.1, 0.15) is 5.69 Å². The van der Waals surface area contributed by atoms with Gasteiger partial charge in [0.05, 0.1) is 0 Å². The largest absolute Gasteiger partial charge is 0.619 e. The topological polar surface area (TPSA) is 39.0 Å². The third kappa shape index (κ3) is 3.07. The summed E-state index contributed by atoms with van der Waals surface area (Å²) in [6.45, 7) is 0.840. The fourth-order valence-corrected chi connectivity index (χ4v) is 0.910. The average Bonchev–Trinajstić information content (AvgIpc) is 2.03. The molecule has 1 aromatic heterocycles. The predicted octanol–water partition coefficient (Wildman–Crippen LogP) is 0.504. The highest BCUT2D eigenvalue weighted by Crippen LogP contribution is 1.90. The van der Waals surface area contributed by atoms with E-state index in [0.717, 1.165) is 23.4 Å². The van der Waals surface area contributed by atoms with E-state index in [4.69, 9.17) is 0 Å². The van der Waals surface area contributed by atoms with Crippen LogP contribution in [-0.4, -0.2) is 13.6 Å². The molecule has 0 aliphatic rings. The van der Waals surface area contributed by atoms with Crippen molar-refractivity contribution in [1.29, 1.82) is 0 Å². The first kappa shape index (κ1) is 11.2. The number of nitrogens with one attached hydrogen (secondary N) is 1. The zero-order chi connectivity index (χ0) is 8.10. The van der Waals surface area contributed by atoms with Crippen molar-refractivity contribution in [3.8, 4) is 0 Å². The molecule has 0 aromatic carbocycles. The lowest BCUT2D eigenvalue weighted by molar-refractivity contribution is -0.613. The van der Waals surface area contributed by atoms with Gasteiger partial charge in [-0.3, -0.25) is 0 Å². The average molecular weight is 189 g/mol. The summed E-state index contributed by atoms with van der Waals surface area (Å²) in [5, 5.41) is 14.0. The van der Waals surface area contributed by atoms with Crippen molar-refractivity contribution in [3.05, 3.63) is 35.3 Å². The van der Waals surface area contributed by atoms with Crippen LogP contribution in [0.4, 0.5) is 0 Å². The van der Waals surface area contributed by atoms with Gasteiger partial charge in [-0.1, -0.05) is 6.07 Å². The van der Waals surface area contributed by atoms with E-state index in [1.165, 1.54) is 6.20 Å². The molecule has 0 saturated heterocycles. The summed E-state index contributed by atoms with van der Waals surface area (Å²) in [5.41, 5.74) is 0.807. The maximum absolute atomic E-state index is 11.0. The van der Waals surface area contributed by atoms with Crippen LogP contribution in [0, 0.1) is 5.21 Å². The fraction of sp³-hybridized carbons (Fsp3) is 0.375. The van der Waals surface area contributed by atoms with Crippen molar-refractivity contribution in [3.63, 3.8) is 0 Å². The Kier molecular flexibility index (Phi) is 5.41. The molecule has 0 radical (unpaired) electrons. The summed E-state index contributed by atoms with van der Waals surface area (Å²) in [6.07, 6.45) is 2.30. The number of halogens is 1. The van der Waals surface area contributed by atoms with E-state index in [1.807, 2.05) is 19.2 Å². The van der Waals surface area contributed by atoms with E-state index in [9.17, 15) is 5.21 Å². The highest BCUT2D eigenvalue weighted by atomic mass is 35.5. The van der Waals surface area contributed by atoms with E-state index in [1.54, 1.807) is 6.07 Å². The standard InChI is InChI=1S/C8H12N2O.ClH/c1-9-6-5-8-4-2-3-7-10(8)11;/h2-4,7,9H,5-6H2,1H3;1H. The minimum absolute atomic E-state index is 0. The summed E-state index contributed by atoms with van der Waals surface area (Å²) in [5.74, 6) is 0. The number of hydrogen-bond donors (Lipinski definition) is 1. The number of aromatic nitrogens is 1. The van der Waals surface area contributed by atoms with E-state index in [-0.39, 0.29) is 12.4 Å². The summed E-state index contributed by atoms with van der Waals surface area (Å²) in [7, 11) is 1.87. The second-order valence-electron chi connectivity index (χ2n) is 2.37. The Balaban J connectivity index is 0.00000121. The van der Waals surface area contributed by atoms with Gasteiger partial charge in [-0.05, 0) is 7.05 Å². The molecule has 0 amide bonds. The molecule has 0 aliphatic heterocycles. The Labute approximate surface area is 78.4 Å². The van der Waals surface area contributed by atoms with E-state index < -0.39 is 0 Å². The Hall–Kier alpha value is -0.800. The Morgan fingerprint density at radius 1 is 1.50 bits per heavy atom. The lowest BCUT2D eigenvalue weighted by atomic mass is 10.3. The monoisotopic (exact) mass is 188 g/mol. The van der Waals surface area contributed by atoms with Crippen molar-refractivity contribution in [2.75, 3.05) is 13.6 Å². The first-order valence-corrected chi connectivity index (χ1v) is 3.66. The van der Waals surface area contributed by atoms with Crippen molar-refractivity contribution >= 4 is 12.4 Å². The molecule has 68 valence electrons. The zero-order valence-corrected chi connectivity index (χ0v) is 7.80. The van der Waals surface area contributed by atoms with Gasteiger partial charge in [0.2, 0.25) is 0 Å². The first-order chi connectivity index (χ1) is 5.34. The number of hydrogen-bond acceptors (Lipinski definition) is 2. The van der Waals surface area contributed by atoms with Crippen molar-refractivity contribution < 1.29 is 4.73 Å². The molecule has 3 nitrogen and oxygen atoms in total. The Morgan fingerprint density at radius 3 is 2.83 bits per heavy atom. The van der Waals surface area contributed by atoms with Gasteiger partial charge in [-0.15, -0.1) is 12.4 Å². The van der Waals surface area contributed by atoms with E-state index >= 15 is 0 Å². The van der Waals surface area contributed by atoms with Crippen molar-refractivity contribution in [2.24, 2.45) is 0 Å². The molecule has 0 bridgehead atoms. The van der Waals surface area contributed by atoms with Gasteiger partial charge >= 0.3 is 0 Å². The summed E-state index contributed by atoms with van der Waals surface area (Å²) in [6, 6.07) is 5.44. The van der Waals surface area contributed by atoms with Gasteiger partial charge in [0.1, 0.15) is 0 Å². The Morgan fingerprint density at radius 2 is 2.25 bits per heavy atom. The van der Waals surface area contributed by atoms with Crippen molar-refractivity contribution in [2.45, 2.75) is 6.42 Å². The molecule has 1 rings (SSSR count). The van der Waals surface area contributed by atoms with Crippen LogP contribution in [0.5, 0.6) is 0 Å². The van der Waals surface area contributed by atoms with Crippen LogP contribution in [0.2, 0.25) is 0 Å². The van der Waals surface area contributed by atoms with Gasteiger partial charge in [0.25, 0.3) is 0 Å². The number of rotatable bonds is 3. The molecular formula is C8H13ClN2O. The van der Waals surface area contributed by atoms with Gasteiger partial charge in [-0.25, -0.2) is 0 Å². The third-order valence-corrected chi connectivity index (χ3v) is 1.54. The summed E-state index contributed by atoms with van der Waals surface area (Å²) in [4.78, 5) is 0. The minimum atomic E-state index is 0. The molecule has 0 saturated carbocycles. The quantitative estimate of drug-likeness (QED) is 0.555. The van der Waals surface area contributed by atoms with Gasteiger partial charge in [0.15, 0.2) is 11.9 Å². The Bertz CT molecular complexity index is 230. The van der Waals surface area contributed by atoms with Crippen LogP contribution in [0.25, 0.3) is 0 Å². The molecule has 0 spiro atoms. The van der Waals surface area contributed by atoms with Gasteiger partial charge in [0, 0.05) is 25.1 Å². The lowest BCUT2D eigenvalue weighted by Gasteiger charge is -2.02. The summed E-state index contributed by atoms with van der Waals surface area (Å²) >= 11 is 0. The number of nitrogens with zero attached hydrogens (tertiary/aromatic N) is 1. The highest BCUT2D eigenvalue weighted by molar-refractivity contribution is 5.85. The molecule has 0 unspecified atom stereocenters. The van der Waals surface area contributed by atoms with Crippen LogP contribution >= 0.6 is 12.4 Å². The number of pyridine rings is 1. The van der Waals surface area contributed by atoms with E-state index in [0.29, 0.717) is 0 Å². The smallest absolute Gasteiger partial charge is 0.194 e. The normalized spacial score (nSPS) is 9.08. The predicted molar refractivity (Wildman–Crippen MR) is 50.3 cm³/mol. The molecule has 1 heterocycles. The molecule has 0 atom stereocenters. The zero-order valence-electron chi connectivity index (χ0n) is 6.99. The van der Waals surface area contributed by atoms with Crippen molar-refractivity contribution in [1.82, 2.24) is 5.32 Å². The molecule has 1 aromatic rings. The highest BCUT2D eigenvalue weighted by Gasteiger charge is 2.00. The second-order valence-corrected chi connectivity index (χ2v) is 2.37. The van der Waals surface area contributed by atoms with Crippen LogP contribution in [0.3, 0.4) is 0 Å².